The number of thiophene rings is 1. The van der Waals surface area contributed by atoms with E-state index in [1.54, 1.807) is 6.33 Å². The Kier molecular flexibility index (Phi) is 3.81. The summed E-state index contributed by atoms with van der Waals surface area (Å²) in [5, 5.41) is 0.861. The van der Waals surface area contributed by atoms with E-state index in [2.05, 4.69) is 16.8 Å². The van der Waals surface area contributed by atoms with Crippen LogP contribution in [0.15, 0.2) is 67.0 Å². The normalized spacial score (nSPS) is 10.4. The minimum Gasteiger partial charge on any atom is -0.365 e. The summed E-state index contributed by atoms with van der Waals surface area (Å²) in [6, 6.07) is 19.4. The van der Waals surface area contributed by atoms with Crippen LogP contribution in [0.2, 0.25) is 0 Å². The van der Waals surface area contributed by atoms with Gasteiger partial charge in [-0.25, -0.2) is 4.98 Å². The summed E-state index contributed by atoms with van der Waals surface area (Å²) < 4.78 is 1.94. The molecule has 120 valence electrons. The summed E-state index contributed by atoms with van der Waals surface area (Å²) in [5.74, 6) is 5.67. The highest BCUT2D eigenvalue weighted by molar-refractivity contribution is 7.16. The van der Waals surface area contributed by atoms with Crippen molar-refractivity contribution in [1.29, 1.82) is 0 Å². The molecule has 0 saturated carbocycles. The average Bonchev–Trinajstić information content (AvgIpc) is 3.25. The summed E-state index contributed by atoms with van der Waals surface area (Å²) in [6.45, 7) is 0. The van der Waals surface area contributed by atoms with Crippen molar-refractivity contribution in [2.45, 2.75) is 0 Å². The van der Waals surface area contributed by atoms with Gasteiger partial charge in [-0.1, -0.05) is 42.2 Å². The second-order valence-electron chi connectivity index (χ2n) is 5.41. The first-order valence-corrected chi connectivity index (χ1v) is 8.47. The molecule has 0 atom stereocenters. The quantitative estimate of drug-likeness (QED) is 0.566. The number of aromatic nitrogens is 2. The predicted molar refractivity (Wildman–Crippen MR) is 99.9 cm³/mol. The molecule has 0 aliphatic heterocycles. The first-order chi connectivity index (χ1) is 12.2. The maximum atomic E-state index is 11.8. The standard InChI is InChI=1S/C20H13N3OS/c21-20(24)19-15(11-10-14-6-2-1-3-7-14)12-18(25-19)23-13-22-16-8-4-5-9-17(16)23/h1-9,12-13H,(H2,21,24). The second-order valence-corrected chi connectivity index (χ2v) is 6.44. The SMILES string of the molecule is NC(=O)c1sc(-n2cnc3ccccc32)cc1C#Cc1ccccc1. The summed E-state index contributed by atoms with van der Waals surface area (Å²) in [6.07, 6.45) is 1.75. The number of nitrogens with zero attached hydrogens (tertiary/aromatic N) is 2. The third kappa shape index (κ3) is 2.91. The van der Waals surface area contributed by atoms with Gasteiger partial charge in [0.25, 0.3) is 5.91 Å². The minimum absolute atomic E-state index is 0.455. The highest BCUT2D eigenvalue weighted by atomic mass is 32.1. The molecule has 25 heavy (non-hydrogen) atoms. The van der Waals surface area contributed by atoms with Gasteiger partial charge in [0, 0.05) is 5.56 Å². The van der Waals surface area contributed by atoms with E-state index in [-0.39, 0.29) is 0 Å². The molecular formula is C20H13N3OS. The lowest BCUT2D eigenvalue weighted by Crippen LogP contribution is -2.10. The van der Waals surface area contributed by atoms with Crippen LogP contribution in [0.3, 0.4) is 0 Å². The van der Waals surface area contributed by atoms with Crippen molar-refractivity contribution in [2.24, 2.45) is 5.73 Å². The first kappa shape index (κ1) is 15.2. The number of fused-ring (bicyclic) bond motifs is 1. The fourth-order valence-corrected chi connectivity index (χ4v) is 3.52. The molecule has 0 saturated heterocycles. The molecule has 0 bridgehead atoms. The Bertz CT molecular complexity index is 1130. The Morgan fingerprint density at radius 2 is 1.80 bits per heavy atom. The molecule has 0 unspecified atom stereocenters. The van der Waals surface area contributed by atoms with Gasteiger partial charge in [-0.05, 0) is 30.3 Å². The van der Waals surface area contributed by atoms with Crippen LogP contribution < -0.4 is 5.73 Å². The monoisotopic (exact) mass is 343 g/mol. The van der Waals surface area contributed by atoms with Crippen LogP contribution in [-0.2, 0) is 0 Å². The Morgan fingerprint density at radius 3 is 2.60 bits per heavy atom. The first-order valence-electron chi connectivity index (χ1n) is 7.65. The number of carbonyl (C=O) groups is 1. The van der Waals surface area contributed by atoms with Crippen molar-refractivity contribution in [3.8, 4) is 16.8 Å². The molecule has 0 fully saturated rings. The molecule has 0 aliphatic carbocycles. The van der Waals surface area contributed by atoms with Crippen molar-refractivity contribution >= 4 is 28.3 Å². The molecule has 2 N–H and O–H groups in total. The van der Waals surface area contributed by atoms with E-state index >= 15 is 0 Å². The minimum atomic E-state index is -0.474. The Morgan fingerprint density at radius 1 is 1.04 bits per heavy atom. The van der Waals surface area contributed by atoms with Gasteiger partial charge in [0.1, 0.15) is 16.2 Å². The van der Waals surface area contributed by atoms with Gasteiger partial charge in [-0.2, -0.15) is 0 Å². The van der Waals surface area contributed by atoms with Crippen LogP contribution in [0.1, 0.15) is 20.8 Å². The topological polar surface area (TPSA) is 60.9 Å². The van der Waals surface area contributed by atoms with E-state index in [0.29, 0.717) is 10.4 Å². The zero-order valence-electron chi connectivity index (χ0n) is 13.1. The summed E-state index contributed by atoms with van der Waals surface area (Å²) in [5.41, 5.74) is 8.93. The molecule has 2 aromatic carbocycles. The zero-order chi connectivity index (χ0) is 17.2. The maximum absolute atomic E-state index is 11.8. The number of carbonyl (C=O) groups excluding carboxylic acids is 1. The van der Waals surface area contributed by atoms with Crippen LogP contribution in [0.5, 0.6) is 0 Å². The van der Waals surface area contributed by atoms with Crippen LogP contribution in [-0.4, -0.2) is 15.5 Å². The number of rotatable bonds is 2. The number of imidazole rings is 1. The predicted octanol–water partition coefficient (Wildman–Crippen LogP) is 3.59. The van der Waals surface area contributed by atoms with Gasteiger partial charge in [0.2, 0.25) is 0 Å². The molecule has 4 aromatic rings. The number of hydrogen-bond acceptors (Lipinski definition) is 3. The number of para-hydroxylation sites is 2. The number of benzene rings is 2. The summed E-state index contributed by atoms with van der Waals surface area (Å²) >= 11 is 1.32. The van der Waals surface area contributed by atoms with E-state index < -0.39 is 5.91 Å². The molecule has 0 aliphatic rings. The van der Waals surface area contributed by atoms with Crippen LogP contribution in [0, 0.1) is 11.8 Å². The molecule has 0 radical (unpaired) electrons. The maximum Gasteiger partial charge on any atom is 0.260 e. The third-order valence-electron chi connectivity index (χ3n) is 3.75. The highest BCUT2D eigenvalue weighted by Gasteiger charge is 2.15. The fourth-order valence-electron chi connectivity index (χ4n) is 2.57. The lowest BCUT2D eigenvalue weighted by Gasteiger charge is -1.98. The molecular weight excluding hydrogens is 330 g/mol. The van der Waals surface area contributed by atoms with E-state index in [1.807, 2.05) is 65.2 Å². The van der Waals surface area contributed by atoms with E-state index in [1.165, 1.54) is 11.3 Å². The lowest BCUT2D eigenvalue weighted by molar-refractivity contribution is 0.100. The van der Waals surface area contributed by atoms with E-state index in [0.717, 1.165) is 21.6 Å². The molecule has 4 nitrogen and oxygen atoms in total. The highest BCUT2D eigenvalue weighted by Crippen LogP contribution is 2.28. The van der Waals surface area contributed by atoms with Crippen LogP contribution in [0.4, 0.5) is 0 Å². The smallest absolute Gasteiger partial charge is 0.260 e. The van der Waals surface area contributed by atoms with Gasteiger partial charge in [-0.15, -0.1) is 11.3 Å². The van der Waals surface area contributed by atoms with Gasteiger partial charge in [-0.3, -0.25) is 9.36 Å². The summed E-state index contributed by atoms with van der Waals surface area (Å²) in [4.78, 5) is 16.7. The van der Waals surface area contributed by atoms with E-state index in [9.17, 15) is 4.79 Å². The average molecular weight is 343 g/mol. The van der Waals surface area contributed by atoms with Crippen molar-refractivity contribution in [3.05, 3.63) is 83.0 Å². The van der Waals surface area contributed by atoms with Gasteiger partial charge >= 0.3 is 0 Å². The largest absolute Gasteiger partial charge is 0.365 e. The molecule has 5 heteroatoms. The second kappa shape index (κ2) is 6.27. The molecule has 2 heterocycles. The molecule has 4 rings (SSSR count). The Balaban J connectivity index is 1.81. The van der Waals surface area contributed by atoms with Crippen molar-refractivity contribution in [3.63, 3.8) is 0 Å². The van der Waals surface area contributed by atoms with Crippen molar-refractivity contribution in [1.82, 2.24) is 9.55 Å². The molecule has 0 spiro atoms. The summed E-state index contributed by atoms with van der Waals surface area (Å²) in [7, 11) is 0. The molecule has 2 aromatic heterocycles. The van der Waals surface area contributed by atoms with Crippen LogP contribution >= 0.6 is 11.3 Å². The number of primary amides is 1. The number of nitrogens with two attached hydrogens (primary N) is 1. The van der Waals surface area contributed by atoms with Gasteiger partial charge < -0.3 is 5.73 Å². The van der Waals surface area contributed by atoms with Crippen molar-refractivity contribution in [2.75, 3.05) is 0 Å². The zero-order valence-corrected chi connectivity index (χ0v) is 14.0. The lowest BCUT2D eigenvalue weighted by atomic mass is 10.2. The van der Waals surface area contributed by atoms with E-state index in [4.69, 9.17) is 5.73 Å². The van der Waals surface area contributed by atoms with Crippen LogP contribution in [0.25, 0.3) is 16.0 Å². The Labute approximate surface area is 148 Å². The van der Waals surface area contributed by atoms with Crippen molar-refractivity contribution < 1.29 is 4.79 Å². The number of amides is 1. The third-order valence-corrected chi connectivity index (χ3v) is 4.90. The van der Waals surface area contributed by atoms with Gasteiger partial charge in [0.05, 0.1) is 16.6 Å². The molecule has 1 amide bonds. The number of hydrogen-bond donors (Lipinski definition) is 1. The fraction of sp³-hybridized carbons (Fsp3) is 0. The van der Waals surface area contributed by atoms with Gasteiger partial charge in [0.15, 0.2) is 0 Å². The Hall–Kier alpha value is -3.36.